The van der Waals surface area contributed by atoms with Crippen LogP contribution in [0.1, 0.15) is 167 Å². The number of rotatable bonds is 10. The molecule has 0 aromatic rings. The molecule has 0 N–H and O–H groups in total. The highest BCUT2D eigenvalue weighted by molar-refractivity contribution is 5.59. The average molecular weight is 683 g/mol. The van der Waals surface area contributed by atoms with E-state index in [1.54, 1.807) is 0 Å². The largest absolute Gasteiger partial charge is 0.508 e. The van der Waals surface area contributed by atoms with Gasteiger partial charge in [-0.25, -0.2) is 4.79 Å². The summed E-state index contributed by atoms with van der Waals surface area (Å²) in [6.45, 7) is 1.31. The standard InChI is InChI=1S/C47H70O3/c48-43(49-27-41(46-19-35-7-36(20-46)9-37(8-35)21-46)25-44-13-29-1-30(14-44)3-31(2-29)15-44)50-28-42(47-22-38-10-39(23-47)12-40(11-38)24-47)26-45-16-32-4-33(17-45)6-34(5-32)18-45/h29-42H,1-28H2. The molecule has 16 aliphatic rings. The lowest BCUT2D eigenvalue weighted by molar-refractivity contribution is -0.140. The number of hydrogen-bond donors (Lipinski definition) is 0. The van der Waals surface area contributed by atoms with Crippen LogP contribution in [0.4, 0.5) is 4.79 Å². The number of hydrogen-bond acceptors (Lipinski definition) is 3. The van der Waals surface area contributed by atoms with Crippen molar-refractivity contribution in [3.63, 3.8) is 0 Å². The van der Waals surface area contributed by atoms with E-state index >= 15 is 0 Å². The quantitative estimate of drug-likeness (QED) is 0.215. The third-order valence-corrected chi connectivity index (χ3v) is 20.4. The maximum absolute atomic E-state index is 14.0. The Hall–Kier alpha value is -0.730. The lowest BCUT2D eigenvalue weighted by atomic mass is 9.43. The first-order chi connectivity index (χ1) is 24.3. The second-order valence-electron chi connectivity index (χ2n) is 24.1. The van der Waals surface area contributed by atoms with Crippen molar-refractivity contribution in [1.29, 1.82) is 0 Å². The average Bonchev–Trinajstić information content (AvgIpc) is 3.02. The molecule has 276 valence electrons. The van der Waals surface area contributed by atoms with E-state index < -0.39 is 0 Å². The van der Waals surface area contributed by atoms with Gasteiger partial charge in [-0.2, -0.15) is 0 Å². The minimum atomic E-state index is -0.287. The Bertz CT molecular complexity index is 1120. The first-order valence-electron chi connectivity index (χ1n) is 23.0. The summed E-state index contributed by atoms with van der Waals surface area (Å²) in [7, 11) is 0. The Morgan fingerprint density at radius 2 is 0.600 bits per heavy atom. The van der Waals surface area contributed by atoms with Crippen molar-refractivity contribution in [2.75, 3.05) is 13.2 Å². The zero-order valence-corrected chi connectivity index (χ0v) is 31.6. The molecule has 16 fully saturated rings. The van der Waals surface area contributed by atoms with Gasteiger partial charge in [0.05, 0.1) is 13.2 Å². The van der Waals surface area contributed by atoms with Gasteiger partial charge in [-0.15, -0.1) is 0 Å². The topological polar surface area (TPSA) is 35.5 Å². The molecule has 16 aliphatic carbocycles. The van der Waals surface area contributed by atoms with E-state index in [0.29, 0.717) is 46.7 Å². The van der Waals surface area contributed by atoms with Crippen molar-refractivity contribution in [3.05, 3.63) is 0 Å². The third kappa shape index (κ3) is 5.22. The van der Waals surface area contributed by atoms with Crippen molar-refractivity contribution < 1.29 is 14.3 Å². The Labute approximate surface area is 304 Å². The Balaban J connectivity index is 0.779. The summed E-state index contributed by atoms with van der Waals surface area (Å²) in [6, 6.07) is 0. The van der Waals surface area contributed by atoms with Gasteiger partial charge in [0.15, 0.2) is 0 Å². The molecule has 50 heavy (non-hydrogen) atoms. The zero-order chi connectivity index (χ0) is 32.9. The minimum absolute atomic E-state index is 0.287. The third-order valence-electron chi connectivity index (χ3n) is 20.4. The summed E-state index contributed by atoms with van der Waals surface area (Å²) >= 11 is 0. The zero-order valence-electron chi connectivity index (χ0n) is 31.6. The molecule has 0 amide bonds. The van der Waals surface area contributed by atoms with Crippen LogP contribution in [0.5, 0.6) is 0 Å². The summed E-state index contributed by atoms with van der Waals surface area (Å²) in [5.41, 5.74) is 1.99. The molecule has 2 atom stereocenters. The SMILES string of the molecule is O=C(OCC(CC12CC3CC(CC(C3)C1)C2)C12CC3CC(CC(C3)C1)C2)OCC(CC12CC3CC(CC(C3)C1)C2)C12CC3CC(CC(C3)C1)C2. The van der Waals surface area contributed by atoms with E-state index in [1.165, 1.54) is 167 Å². The maximum Gasteiger partial charge on any atom is 0.508 e. The molecule has 0 radical (unpaired) electrons. The molecule has 0 aliphatic heterocycles. The smallest absolute Gasteiger partial charge is 0.434 e. The first-order valence-corrected chi connectivity index (χ1v) is 23.0. The molecular formula is C47H70O3. The van der Waals surface area contributed by atoms with Crippen LogP contribution in [-0.2, 0) is 9.47 Å². The van der Waals surface area contributed by atoms with Crippen molar-refractivity contribution in [1.82, 2.24) is 0 Å². The van der Waals surface area contributed by atoms with Crippen LogP contribution in [0.3, 0.4) is 0 Å². The highest BCUT2D eigenvalue weighted by Gasteiger charge is 2.60. The predicted molar refractivity (Wildman–Crippen MR) is 196 cm³/mol. The highest BCUT2D eigenvalue weighted by atomic mass is 16.7. The monoisotopic (exact) mass is 683 g/mol. The normalized spacial score (nSPS) is 56.6. The van der Waals surface area contributed by atoms with Gasteiger partial charge in [0, 0.05) is 0 Å². The molecule has 0 spiro atoms. The van der Waals surface area contributed by atoms with Crippen LogP contribution in [0.25, 0.3) is 0 Å². The first kappa shape index (κ1) is 31.6. The van der Waals surface area contributed by atoms with E-state index in [2.05, 4.69) is 0 Å². The maximum atomic E-state index is 14.0. The van der Waals surface area contributed by atoms with Gasteiger partial charge in [-0.1, -0.05) is 0 Å². The summed E-state index contributed by atoms with van der Waals surface area (Å²) in [6.07, 6.45) is 38.2. The van der Waals surface area contributed by atoms with E-state index in [9.17, 15) is 4.79 Å². The van der Waals surface area contributed by atoms with Crippen molar-refractivity contribution in [2.45, 2.75) is 167 Å². The summed E-state index contributed by atoms with van der Waals surface area (Å²) in [4.78, 5) is 14.0. The Morgan fingerprint density at radius 1 is 0.380 bits per heavy atom. The minimum Gasteiger partial charge on any atom is -0.434 e. The number of carbonyl (C=O) groups is 1. The van der Waals surface area contributed by atoms with E-state index in [0.717, 1.165) is 71.0 Å². The summed E-state index contributed by atoms with van der Waals surface area (Å²) in [5.74, 6) is 12.9. The van der Waals surface area contributed by atoms with Gasteiger partial charge in [-0.3, -0.25) is 0 Å². The molecule has 16 bridgehead atoms. The summed E-state index contributed by atoms with van der Waals surface area (Å²) in [5, 5.41) is 0. The molecule has 3 nitrogen and oxygen atoms in total. The van der Waals surface area contributed by atoms with Crippen molar-refractivity contribution in [2.24, 2.45) is 105 Å². The fraction of sp³-hybridized carbons (Fsp3) is 0.979. The van der Waals surface area contributed by atoms with Crippen LogP contribution >= 0.6 is 0 Å². The number of ether oxygens (including phenoxy) is 2. The second kappa shape index (κ2) is 11.2. The second-order valence-corrected chi connectivity index (χ2v) is 24.1. The lowest BCUT2D eigenvalue weighted by Gasteiger charge is -2.63. The van der Waals surface area contributed by atoms with E-state index in [4.69, 9.17) is 9.47 Å². The van der Waals surface area contributed by atoms with E-state index in [-0.39, 0.29) is 6.16 Å². The van der Waals surface area contributed by atoms with Gasteiger partial charge in [0.2, 0.25) is 0 Å². The molecule has 0 aromatic carbocycles. The van der Waals surface area contributed by atoms with Crippen LogP contribution in [0.2, 0.25) is 0 Å². The molecule has 0 heterocycles. The highest BCUT2D eigenvalue weighted by Crippen LogP contribution is 2.69. The molecule has 3 heteroatoms. The molecule has 16 saturated carbocycles. The molecule has 0 saturated heterocycles. The van der Waals surface area contributed by atoms with E-state index in [1.807, 2.05) is 0 Å². The molecule has 16 rings (SSSR count). The van der Waals surface area contributed by atoms with Gasteiger partial charge in [0.25, 0.3) is 0 Å². The Kier molecular flexibility index (Phi) is 7.06. The lowest BCUT2D eigenvalue weighted by Crippen LogP contribution is -2.54. The van der Waals surface area contributed by atoms with Gasteiger partial charge >= 0.3 is 6.16 Å². The summed E-state index contributed by atoms with van der Waals surface area (Å²) < 4.78 is 13.0. The van der Waals surface area contributed by atoms with Crippen molar-refractivity contribution in [3.8, 4) is 0 Å². The van der Waals surface area contributed by atoms with Gasteiger partial charge in [0.1, 0.15) is 0 Å². The van der Waals surface area contributed by atoms with Gasteiger partial charge < -0.3 is 9.47 Å². The van der Waals surface area contributed by atoms with Crippen LogP contribution in [0.15, 0.2) is 0 Å². The molecule has 2 unspecified atom stereocenters. The van der Waals surface area contributed by atoms with Gasteiger partial charge in [-0.05, 0) is 271 Å². The van der Waals surface area contributed by atoms with Crippen LogP contribution in [-0.4, -0.2) is 19.4 Å². The fourth-order valence-electron chi connectivity index (χ4n) is 20.8. The predicted octanol–water partition coefficient (Wildman–Crippen LogP) is 12.0. The van der Waals surface area contributed by atoms with Crippen LogP contribution in [0, 0.1) is 105 Å². The molecule has 0 aromatic heterocycles. The molecular weight excluding hydrogens is 613 g/mol. The Morgan fingerprint density at radius 3 is 0.840 bits per heavy atom. The number of carbonyl (C=O) groups excluding carboxylic acids is 1. The van der Waals surface area contributed by atoms with Crippen LogP contribution < -0.4 is 0 Å². The van der Waals surface area contributed by atoms with Crippen molar-refractivity contribution >= 4 is 6.16 Å². The fourth-order valence-corrected chi connectivity index (χ4v) is 20.8.